The molecule has 154 valence electrons. The van der Waals surface area contributed by atoms with Crippen LogP contribution in [0.5, 0.6) is 23.0 Å². The van der Waals surface area contributed by atoms with Crippen molar-refractivity contribution in [1.29, 1.82) is 0 Å². The van der Waals surface area contributed by atoms with Crippen LogP contribution in [0.15, 0.2) is 47.1 Å². The van der Waals surface area contributed by atoms with Crippen LogP contribution in [0.2, 0.25) is 0 Å². The Morgan fingerprint density at radius 3 is 2.17 bits per heavy atom. The summed E-state index contributed by atoms with van der Waals surface area (Å²) in [6.07, 6.45) is 2.57. The summed E-state index contributed by atoms with van der Waals surface area (Å²) in [6, 6.07) is 11.7. The predicted molar refractivity (Wildman–Crippen MR) is 110 cm³/mol. The Labute approximate surface area is 170 Å². The highest BCUT2D eigenvalue weighted by Crippen LogP contribution is 2.40. The van der Waals surface area contributed by atoms with Gasteiger partial charge >= 0.3 is 0 Å². The molecule has 0 aliphatic heterocycles. The molecule has 1 N–H and O–H groups in total. The molecule has 0 aliphatic carbocycles. The molecule has 29 heavy (non-hydrogen) atoms. The molecular formula is C22H26N2O5. The molecule has 0 saturated heterocycles. The minimum Gasteiger partial charge on any atom is -0.497 e. The predicted octanol–water partition coefficient (Wildman–Crippen LogP) is 3.71. The van der Waals surface area contributed by atoms with Crippen molar-refractivity contribution in [2.45, 2.75) is 13.0 Å². The molecule has 7 heteroatoms. The van der Waals surface area contributed by atoms with Gasteiger partial charge in [-0.15, -0.1) is 0 Å². The molecule has 7 nitrogen and oxygen atoms in total. The number of methoxy groups -OCH3 is 4. The highest BCUT2D eigenvalue weighted by Gasteiger charge is 2.16. The summed E-state index contributed by atoms with van der Waals surface area (Å²) in [7, 11) is 6.39. The lowest BCUT2D eigenvalue weighted by molar-refractivity contribution is 0.324. The number of nitrogens with zero attached hydrogens (tertiary/aromatic N) is 1. The first-order chi connectivity index (χ1) is 14.2. The molecule has 1 aromatic heterocycles. The molecule has 0 bridgehead atoms. The van der Waals surface area contributed by atoms with Gasteiger partial charge in [0.1, 0.15) is 12.0 Å². The Morgan fingerprint density at radius 1 is 0.897 bits per heavy atom. The van der Waals surface area contributed by atoms with E-state index in [0.29, 0.717) is 29.7 Å². The molecule has 0 aliphatic rings. The first-order valence-corrected chi connectivity index (χ1v) is 9.27. The fraction of sp³-hybridized carbons (Fsp3) is 0.318. The topological polar surface area (TPSA) is 75.0 Å². The molecule has 3 aromatic rings. The third-order valence-corrected chi connectivity index (χ3v) is 4.52. The minimum atomic E-state index is 0.496. The first kappa shape index (κ1) is 20.5. The number of rotatable bonds is 10. The van der Waals surface area contributed by atoms with Crippen LogP contribution < -0.4 is 24.3 Å². The van der Waals surface area contributed by atoms with E-state index in [1.807, 2.05) is 24.3 Å². The highest BCUT2D eigenvalue weighted by molar-refractivity contribution is 5.65. The van der Waals surface area contributed by atoms with Crippen LogP contribution in [0.3, 0.4) is 0 Å². The van der Waals surface area contributed by atoms with Gasteiger partial charge in [0, 0.05) is 12.1 Å². The maximum absolute atomic E-state index is 5.65. The van der Waals surface area contributed by atoms with Crippen molar-refractivity contribution >= 4 is 0 Å². The smallest absolute Gasteiger partial charge is 0.226 e. The second kappa shape index (κ2) is 9.84. The van der Waals surface area contributed by atoms with E-state index in [1.165, 1.54) is 5.56 Å². The van der Waals surface area contributed by atoms with Crippen molar-refractivity contribution in [3.63, 3.8) is 0 Å². The standard InChI is InChI=1S/C22H26N2O5/c1-25-18-7-5-15(6-8-18)9-10-23-13-17-14-29-22(24-17)16-11-19(26-2)21(28-4)20(12-16)27-3/h5-8,11-12,14,23H,9-10,13H2,1-4H3. The Kier molecular flexibility index (Phi) is 6.97. The molecule has 0 atom stereocenters. The molecule has 3 rings (SSSR count). The molecule has 0 amide bonds. The van der Waals surface area contributed by atoms with Crippen LogP contribution in [0.4, 0.5) is 0 Å². The van der Waals surface area contributed by atoms with Crippen LogP contribution in [0.1, 0.15) is 11.3 Å². The number of benzene rings is 2. The average Bonchev–Trinajstić information content (AvgIpc) is 3.25. The van der Waals surface area contributed by atoms with Gasteiger partial charge in [0.25, 0.3) is 0 Å². The van der Waals surface area contributed by atoms with E-state index in [1.54, 1.807) is 34.7 Å². The van der Waals surface area contributed by atoms with Gasteiger partial charge in [0.05, 0.1) is 34.1 Å². The zero-order chi connectivity index (χ0) is 20.6. The average molecular weight is 398 g/mol. The molecule has 0 radical (unpaired) electrons. The maximum atomic E-state index is 5.65. The van der Waals surface area contributed by atoms with Gasteiger partial charge in [-0.05, 0) is 42.8 Å². The number of nitrogens with one attached hydrogen (secondary N) is 1. The van der Waals surface area contributed by atoms with E-state index >= 15 is 0 Å². The molecule has 1 heterocycles. The van der Waals surface area contributed by atoms with Gasteiger partial charge in [-0.2, -0.15) is 0 Å². The minimum absolute atomic E-state index is 0.496. The fourth-order valence-corrected chi connectivity index (χ4v) is 2.97. The van der Waals surface area contributed by atoms with E-state index in [0.717, 1.165) is 30.0 Å². The summed E-state index contributed by atoms with van der Waals surface area (Å²) >= 11 is 0. The lowest BCUT2D eigenvalue weighted by atomic mass is 10.1. The van der Waals surface area contributed by atoms with Crippen molar-refractivity contribution in [1.82, 2.24) is 10.3 Å². The van der Waals surface area contributed by atoms with Gasteiger partial charge in [0.15, 0.2) is 11.5 Å². The maximum Gasteiger partial charge on any atom is 0.226 e. The fourth-order valence-electron chi connectivity index (χ4n) is 2.97. The van der Waals surface area contributed by atoms with Gasteiger partial charge in [-0.25, -0.2) is 4.98 Å². The number of aromatic nitrogens is 1. The molecule has 0 fully saturated rings. The summed E-state index contributed by atoms with van der Waals surface area (Å²) < 4.78 is 27.0. The highest BCUT2D eigenvalue weighted by atomic mass is 16.5. The van der Waals surface area contributed by atoms with Crippen molar-refractivity contribution in [3.05, 3.63) is 53.9 Å². The second-order valence-electron chi connectivity index (χ2n) is 6.33. The third kappa shape index (κ3) is 5.00. The van der Waals surface area contributed by atoms with Crippen LogP contribution in [-0.2, 0) is 13.0 Å². The lowest BCUT2D eigenvalue weighted by Gasteiger charge is -2.12. The number of hydrogen-bond donors (Lipinski definition) is 1. The van der Waals surface area contributed by atoms with E-state index in [9.17, 15) is 0 Å². The largest absolute Gasteiger partial charge is 0.497 e. The molecular weight excluding hydrogens is 372 g/mol. The number of oxazole rings is 1. The Morgan fingerprint density at radius 2 is 1.59 bits per heavy atom. The first-order valence-electron chi connectivity index (χ1n) is 9.27. The zero-order valence-corrected chi connectivity index (χ0v) is 17.2. The van der Waals surface area contributed by atoms with E-state index in [2.05, 4.69) is 22.4 Å². The molecule has 2 aromatic carbocycles. The van der Waals surface area contributed by atoms with Crippen LogP contribution in [0.25, 0.3) is 11.5 Å². The summed E-state index contributed by atoms with van der Waals surface area (Å²) in [6.45, 7) is 1.45. The van der Waals surface area contributed by atoms with Crippen LogP contribution in [0, 0.1) is 0 Å². The zero-order valence-electron chi connectivity index (χ0n) is 17.2. The molecule has 0 unspecified atom stereocenters. The van der Waals surface area contributed by atoms with Crippen molar-refractivity contribution < 1.29 is 23.4 Å². The lowest BCUT2D eigenvalue weighted by Crippen LogP contribution is -2.16. The Balaban J connectivity index is 1.60. The van der Waals surface area contributed by atoms with E-state index in [-0.39, 0.29) is 0 Å². The summed E-state index contributed by atoms with van der Waals surface area (Å²) in [5.74, 6) is 3.00. The Hall–Kier alpha value is -3.19. The number of ether oxygens (including phenoxy) is 4. The van der Waals surface area contributed by atoms with Gasteiger partial charge in [0.2, 0.25) is 11.6 Å². The van der Waals surface area contributed by atoms with Crippen molar-refractivity contribution in [2.24, 2.45) is 0 Å². The van der Waals surface area contributed by atoms with Crippen molar-refractivity contribution in [2.75, 3.05) is 35.0 Å². The number of hydrogen-bond acceptors (Lipinski definition) is 7. The van der Waals surface area contributed by atoms with Crippen LogP contribution >= 0.6 is 0 Å². The second-order valence-corrected chi connectivity index (χ2v) is 6.33. The van der Waals surface area contributed by atoms with Gasteiger partial charge in [-0.3, -0.25) is 0 Å². The van der Waals surface area contributed by atoms with Crippen LogP contribution in [-0.4, -0.2) is 40.0 Å². The molecule has 0 spiro atoms. The summed E-state index contributed by atoms with van der Waals surface area (Å²) in [5, 5.41) is 3.38. The molecule has 0 saturated carbocycles. The normalized spacial score (nSPS) is 10.6. The Bertz CT molecular complexity index is 896. The van der Waals surface area contributed by atoms with E-state index in [4.69, 9.17) is 23.4 Å². The SMILES string of the molecule is COc1ccc(CCNCc2coc(-c3cc(OC)c(OC)c(OC)c3)n2)cc1. The summed E-state index contributed by atoms with van der Waals surface area (Å²) in [5.41, 5.74) is 2.82. The quantitative estimate of drug-likeness (QED) is 0.522. The van der Waals surface area contributed by atoms with Gasteiger partial charge < -0.3 is 28.7 Å². The van der Waals surface area contributed by atoms with E-state index < -0.39 is 0 Å². The summed E-state index contributed by atoms with van der Waals surface area (Å²) in [4.78, 5) is 4.56. The third-order valence-electron chi connectivity index (χ3n) is 4.52. The van der Waals surface area contributed by atoms with Gasteiger partial charge in [-0.1, -0.05) is 12.1 Å². The van der Waals surface area contributed by atoms with Crippen molar-refractivity contribution in [3.8, 4) is 34.5 Å². The monoisotopic (exact) mass is 398 g/mol.